The number of nitrogens with zero attached hydrogens (tertiary/aromatic N) is 2. The van der Waals surface area contributed by atoms with E-state index in [0.717, 1.165) is 41.5 Å². The van der Waals surface area contributed by atoms with E-state index in [2.05, 4.69) is 42.7 Å². The highest BCUT2D eigenvalue weighted by Gasteiger charge is 2.66. The van der Waals surface area contributed by atoms with E-state index in [4.69, 9.17) is 4.74 Å². The van der Waals surface area contributed by atoms with Gasteiger partial charge < -0.3 is 24.8 Å². The Hall–Kier alpha value is -2.97. The van der Waals surface area contributed by atoms with Gasteiger partial charge in [-0.2, -0.15) is 0 Å². The fourth-order valence-corrected chi connectivity index (χ4v) is 6.34. The van der Waals surface area contributed by atoms with Gasteiger partial charge in [0, 0.05) is 53.3 Å². The van der Waals surface area contributed by atoms with Gasteiger partial charge in [0.15, 0.2) is 11.6 Å². The first kappa shape index (κ1) is 26.6. The van der Waals surface area contributed by atoms with Crippen LogP contribution in [-0.4, -0.2) is 64.8 Å². The number of rotatable bonds is 5. The number of ether oxygens (including phenoxy) is 1. The first-order chi connectivity index (χ1) is 18.2. The Balaban J connectivity index is 1.58. The number of nitrogens with one attached hydrogen (secondary N) is 2. The van der Waals surface area contributed by atoms with Gasteiger partial charge >= 0.3 is 0 Å². The molecule has 3 aliphatic rings. The average molecular weight is 521 g/mol. The summed E-state index contributed by atoms with van der Waals surface area (Å²) in [6.45, 7) is 10.2. The predicted molar refractivity (Wildman–Crippen MR) is 148 cm³/mol. The summed E-state index contributed by atoms with van der Waals surface area (Å²) in [5.74, 6) is 0.00337. The number of Topliss-reactive ketones (excluding diaryl/α,β-unsaturated/α-hetero) is 2. The molecule has 1 aromatic heterocycles. The summed E-state index contributed by atoms with van der Waals surface area (Å²) >= 11 is 0. The van der Waals surface area contributed by atoms with Crippen LogP contribution in [0, 0.1) is 5.41 Å². The van der Waals surface area contributed by atoms with Gasteiger partial charge in [-0.15, -0.1) is 0 Å². The Morgan fingerprint density at radius 2 is 2.05 bits per heavy atom. The molecule has 38 heavy (non-hydrogen) atoms. The molecule has 3 heterocycles. The molecule has 8 heteroatoms. The summed E-state index contributed by atoms with van der Waals surface area (Å²) in [6, 6.07) is 4.00. The van der Waals surface area contributed by atoms with Crippen molar-refractivity contribution in [3.63, 3.8) is 0 Å². The van der Waals surface area contributed by atoms with Crippen LogP contribution in [-0.2, 0) is 27.4 Å². The lowest BCUT2D eigenvalue weighted by atomic mass is 9.97. The molecule has 0 spiro atoms. The maximum absolute atomic E-state index is 13.9. The van der Waals surface area contributed by atoms with Crippen molar-refractivity contribution in [1.82, 2.24) is 14.8 Å². The van der Waals surface area contributed by atoms with Crippen molar-refractivity contribution in [2.45, 2.75) is 84.6 Å². The number of piperidine rings is 1. The van der Waals surface area contributed by atoms with E-state index >= 15 is 0 Å². The molecule has 2 N–H and O–H groups in total. The highest BCUT2D eigenvalue weighted by molar-refractivity contribution is 6.09. The maximum atomic E-state index is 13.9. The van der Waals surface area contributed by atoms with Crippen molar-refractivity contribution in [1.29, 1.82) is 0 Å². The summed E-state index contributed by atoms with van der Waals surface area (Å²) in [5, 5.41) is 7.85. The van der Waals surface area contributed by atoms with E-state index in [9.17, 15) is 14.4 Å². The van der Waals surface area contributed by atoms with Gasteiger partial charge in [-0.1, -0.05) is 19.1 Å². The van der Waals surface area contributed by atoms with Crippen LogP contribution in [0.5, 0.6) is 0 Å². The molecule has 0 unspecified atom stereocenters. The Morgan fingerprint density at radius 3 is 2.79 bits per heavy atom. The number of aromatic nitrogens is 1. The highest BCUT2D eigenvalue weighted by Crippen LogP contribution is 2.60. The largest absolute Gasteiger partial charge is 0.383 e. The van der Waals surface area contributed by atoms with Crippen molar-refractivity contribution < 1.29 is 19.1 Å². The molecule has 2 aliphatic heterocycles. The molecular formula is C30H40N4O4. The van der Waals surface area contributed by atoms with Gasteiger partial charge in [0.25, 0.3) is 0 Å². The fraction of sp³-hybridized carbons (Fsp3) is 0.567. The van der Waals surface area contributed by atoms with Crippen LogP contribution < -0.4 is 10.6 Å². The van der Waals surface area contributed by atoms with Crippen molar-refractivity contribution in [3.05, 3.63) is 41.6 Å². The van der Waals surface area contributed by atoms with Crippen LogP contribution >= 0.6 is 0 Å². The zero-order valence-corrected chi connectivity index (χ0v) is 23.0. The van der Waals surface area contributed by atoms with E-state index in [1.54, 1.807) is 6.92 Å². The van der Waals surface area contributed by atoms with E-state index in [1.165, 1.54) is 0 Å². The lowest BCUT2D eigenvalue weighted by Crippen LogP contribution is -2.44. The molecular weight excluding hydrogens is 480 g/mol. The van der Waals surface area contributed by atoms with Crippen LogP contribution in [0.1, 0.15) is 69.3 Å². The number of benzene rings is 1. The molecule has 1 saturated carbocycles. The average Bonchev–Trinajstić information content (AvgIpc) is 3.27. The zero-order valence-electron chi connectivity index (χ0n) is 23.0. The SMILES string of the molecule is CCC(=O)[C@@H]1C[C@]23COC/C=C\CCNCc4cc(NC(C)C)cc5c(C(C)=O)cn(c45)CC(=O)N1[C@@H]2C3. The topological polar surface area (TPSA) is 92.7 Å². The summed E-state index contributed by atoms with van der Waals surface area (Å²) in [5.41, 5.74) is 3.37. The van der Waals surface area contributed by atoms with Crippen molar-refractivity contribution >= 4 is 34.1 Å². The van der Waals surface area contributed by atoms with Crippen LogP contribution in [0.25, 0.3) is 10.9 Å². The van der Waals surface area contributed by atoms with E-state index in [1.807, 2.05) is 28.7 Å². The van der Waals surface area contributed by atoms with Gasteiger partial charge in [0.1, 0.15) is 6.54 Å². The molecule has 1 amide bonds. The molecule has 5 rings (SSSR count). The van der Waals surface area contributed by atoms with Crippen LogP contribution in [0.4, 0.5) is 5.69 Å². The summed E-state index contributed by atoms with van der Waals surface area (Å²) < 4.78 is 7.92. The lowest BCUT2D eigenvalue weighted by molar-refractivity contribution is -0.139. The standard InChI is InChI=1S/C30H40N4O4/c1-5-26(36)25-13-30-14-27(30)34(25)28(37)17-33-16-24(20(4)35)23-12-22(32-19(2)3)11-21(29(23)33)15-31-9-7-6-8-10-38-18-30/h6,8,11-12,16,19,25,27,31-32H,5,7,9-10,13-15,17-18H2,1-4H3/b8-6-/t25-,27+,30-/m0/s1. The Kier molecular flexibility index (Phi) is 7.47. The van der Waals surface area contributed by atoms with E-state index in [0.29, 0.717) is 38.2 Å². The van der Waals surface area contributed by atoms with Gasteiger partial charge in [-0.3, -0.25) is 14.4 Å². The number of carbonyl (C=O) groups excluding carboxylic acids is 3. The van der Waals surface area contributed by atoms with Gasteiger partial charge in [-0.05, 0) is 64.3 Å². The number of amides is 1. The van der Waals surface area contributed by atoms with Gasteiger partial charge in [0.05, 0.1) is 24.8 Å². The summed E-state index contributed by atoms with van der Waals surface area (Å²) in [6.07, 6.45) is 8.83. The predicted octanol–water partition coefficient (Wildman–Crippen LogP) is 4.07. The van der Waals surface area contributed by atoms with Gasteiger partial charge in [0.2, 0.25) is 5.91 Å². The number of anilines is 1. The number of carbonyl (C=O) groups is 3. The quantitative estimate of drug-likeness (QED) is 0.456. The molecule has 2 aromatic rings. The molecule has 204 valence electrons. The van der Waals surface area contributed by atoms with Gasteiger partial charge in [-0.25, -0.2) is 0 Å². The minimum Gasteiger partial charge on any atom is -0.383 e. The van der Waals surface area contributed by atoms with Crippen LogP contribution in [0.3, 0.4) is 0 Å². The molecule has 1 saturated heterocycles. The second kappa shape index (κ2) is 10.7. The third kappa shape index (κ3) is 5.04. The number of hydrogen-bond donors (Lipinski definition) is 2. The molecule has 2 bridgehead atoms. The summed E-state index contributed by atoms with van der Waals surface area (Å²) in [7, 11) is 0. The van der Waals surface area contributed by atoms with Crippen LogP contribution in [0.2, 0.25) is 0 Å². The molecule has 1 aliphatic carbocycles. The second-order valence-electron chi connectivity index (χ2n) is 11.4. The summed E-state index contributed by atoms with van der Waals surface area (Å²) in [4.78, 5) is 41.4. The number of hydrogen-bond acceptors (Lipinski definition) is 6. The highest BCUT2D eigenvalue weighted by atomic mass is 16.5. The molecule has 0 radical (unpaired) electrons. The number of ketones is 2. The van der Waals surface area contributed by atoms with E-state index in [-0.39, 0.29) is 41.5 Å². The normalized spacial score (nSPS) is 26.8. The van der Waals surface area contributed by atoms with E-state index < -0.39 is 6.04 Å². The molecule has 2 fully saturated rings. The van der Waals surface area contributed by atoms with Crippen molar-refractivity contribution in [2.24, 2.45) is 5.41 Å². The monoisotopic (exact) mass is 520 g/mol. The Morgan fingerprint density at radius 1 is 1.24 bits per heavy atom. The lowest BCUT2D eigenvalue weighted by Gasteiger charge is -2.27. The third-order valence-corrected chi connectivity index (χ3v) is 8.19. The minimum absolute atomic E-state index is 0.0345. The minimum atomic E-state index is -0.402. The second-order valence-corrected chi connectivity index (χ2v) is 11.4. The Labute approximate surface area is 224 Å². The van der Waals surface area contributed by atoms with Crippen LogP contribution in [0.15, 0.2) is 30.5 Å². The molecule has 3 atom stereocenters. The van der Waals surface area contributed by atoms with Crippen molar-refractivity contribution in [2.75, 3.05) is 25.1 Å². The Bertz CT molecular complexity index is 1280. The first-order valence-corrected chi connectivity index (χ1v) is 13.9. The molecule has 1 aromatic carbocycles. The molecule has 8 nitrogen and oxygen atoms in total. The maximum Gasteiger partial charge on any atom is 0.243 e. The zero-order chi connectivity index (χ0) is 27.0. The van der Waals surface area contributed by atoms with Crippen molar-refractivity contribution in [3.8, 4) is 0 Å². The third-order valence-electron chi connectivity index (χ3n) is 8.19. The first-order valence-electron chi connectivity index (χ1n) is 13.9. The fourth-order valence-electron chi connectivity index (χ4n) is 6.34. The smallest absolute Gasteiger partial charge is 0.243 e.